The lowest BCUT2D eigenvalue weighted by Gasteiger charge is -2.33. The van der Waals surface area contributed by atoms with E-state index in [-0.39, 0.29) is 5.76 Å². The molecule has 108 valence electrons. The molecule has 0 spiro atoms. The molecule has 1 aliphatic carbocycles. The number of nitro groups is 1. The SMILES string of the molecule is O=C(NC1(C(=O)O)CCCCC1)c1ccc([N+](=O)[O-])o1. The summed E-state index contributed by atoms with van der Waals surface area (Å²) in [7, 11) is 0. The molecule has 2 rings (SSSR count). The van der Waals surface area contributed by atoms with Crippen LogP contribution in [0.3, 0.4) is 0 Å². The van der Waals surface area contributed by atoms with Gasteiger partial charge in [0.05, 0.1) is 6.07 Å². The molecular weight excluding hydrogens is 268 g/mol. The van der Waals surface area contributed by atoms with E-state index in [0.29, 0.717) is 25.7 Å². The topological polar surface area (TPSA) is 123 Å². The predicted octanol–water partition coefficient (Wildman–Crippen LogP) is 1.71. The lowest BCUT2D eigenvalue weighted by atomic mass is 9.81. The van der Waals surface area contributed by atoms with Gasteiger partial charge in [-0.05, 0) is 18.9 Å². The summed E-state index contributed by atoms with van der Waals surface area (Å²) >= 11 is 0. The van der Waals surface area contributed by atoms with Gasteiger partial charge in [-0.15, -0.1) is 0 Å². The van der Waals surface area contributed by atoms with Crippen molar-refractivity contribution in [3.63, 3.8) is 0 Å². The van der Waals surface area contributed by atoms with Gasteiger partial charge in [-0.2, -0.15) is 0 Å². The van der Waals surface area contributed by atoms with Crippen molar-refractivity contribution in [3.05, 3.63) is 28.0 Å². The van der Waals surface area contributed by atoms with Gasteiger partial charge in [-0.25, -0.2) is 4.79 Å². The fourth-order valence-corrected chi connectivity index (χ4v) is 2.37. The second-order valence-corrected chi connectivity index (χ2v) is 4.80. The number of furan rings is 1. The van der Waals surface area contributed by atoms with Gasteiger partial charge in [-0.3, -0.25) is 14.9 Å². The van der Waals surface area contributed by atoms with Gasteiger partial charge in [0.1, 0.15) is 10.5 Å². The molecule has 0 atom stereocenters. The number of aliphatic carboxylic acids is 1. The van der Waals surface area contributed by atoms with Crippen molar-refractivity contribution in [1.82, 2.24) is 5.32 Å². The van der Waals surface area contributed by atoms with E-state index in [4.69, 9.17) is 4.42 Å². The van der Waals surface area contributed by atoms with E-state index in [0.717, 1.165) is 18.6 Å². The maximum Gasteiger partial charge on any atom is 0.433 e. The molecule has 1 aromatic heterocycles. The van der Waals surface area contributed by atoms with E-state index in [2.05, 4.69) is 5.32 Å². The van der Waals surface area contributed by atoms with Crippen molar-refractivity contribution in [2.24, 2.45) is 0 Å². The van der Waals surface area contributed by atoms with Crippen LogP contribution in [-0.2, 0) is 4.79 Å². The quantitative estimate of drug-likeness (QED) is 0.640. The van der Waals surface area contributed by atoms with Crippen LogP contribution in [0.5, 0.6) is 0 Å². The van der Waals surface area contributed by atoms with Crippen LogP contribution < -0.4 is 5.32 Å². The van der Waals surface area contributed by atoms with Gasteiger partial charge in [0.15, 0.2) is 5.76 Å². The third-order valence-corrected chi connectivity index (χ3v) is 3.46. The van der Waals surface area contributed by atoms with Crippen LogP contribution in [-0.4, -0.2) is 27.4 Å². The summed E-state index contributed by atoms with van der Waals surface area (Å²) in [6.45, 7) is 0. The summed E-state index contributed by atoms with van der Waals surface area (Å²) in [6.07, 6.45) is 3.04. The first kappa shape index (κ1) is 14.0. The minimum atomic E-state index is -1.31. The summed E-state index contributed by atoms with van der Waals surface area (Å²) in [4.78, 5) is 33.1. The van der Waals surface area contributed by atoms with Crippen molar-refractivity contribution in [2.75, 3.05) is 0 Å². The zero-order chi connectivity index (χ0) is 14.8. The standard InChI is InChI=1S/C12H14N2O6/c15-10(8-4-5-9(20-8)14(18)19)13-12(11(16)17)6-2-1-3-7-12/h4-5H,1-3,6-7H2,(H,13,15)(H,16,17). The molecule has 0 unspecified atom stereocenters. The second kappa shape index (κ2) is 5.32. The van der Waals surface area contributed by atoms with Gasteiger partial charge < -0.3 is 14.8 Å². The number of nitrogens with one attached hydrogen (secondary N) is 1. The number of amides is 1. The first-order valence-corrected chi connectivity index (χ1v) is 6.25. The Hall–Kier alpha value is -2.38. The molecule has 0 bridgehead atoms. The maximum absolute atomic E-state index is 12.0. The largest absolute Gasteiger partial charge is 0.480 e. The smallest absolute Gasteiger partial charge is 0.433 e. The number of rotatable bonds is 4. The summed E-state index contributed by atoms with van der Waals surface area (Å²) in [5.74, 6) is -2.65. The number of hydrogen-bond donors (Lipinski definition) is 2. The van der Waals surface area contributed by atoms with E-state index >= 15 is 0 Å². The van der Waals surface area contributed by atoms with Gasteiger partial charge in [-0.1, -0.05) is 19.3 Å². The van der Waals surface area contributed by atoms with Crippen molar-refractivity contribution in [1.29, 1.82) is 0 Å². The summed E-state index contributed by atoms with van der Waals surface area (Å²) in [6, 6.07) is 2.22. The first-order valence-electron chi connectivity index (χ1n) is 6.25. The summed E-state index contributed by atoms with van der Waals surface area (Å²) < 4.78 is 4.77. The molecule has 8 nitrogen and oxygen atoms in total. The van der Waals surface area contributed by atoms with Gasteiger partial charge in [0, 0.05) is 0 Å². The first-order chi connectivity index (χ1) is 9.44. The van der Waals surface area contributed by atoms with Crippen LogP contribution in [0.25, 0.3) is 0 Å². The highest BCUT2D eigenvalue weighted by atomic mass is 16.6. The number of carboxylic acids is 1. The molecule has 1 heterocycles. The molecule has 1 aliphatic rings. The predicted molar refractivity (Wildman–Crippen MR) is 66.3 cm³/mol. The molecule has 0 aliphatic heterocycles. The summed E-state index contributed by atoms with van der Waals surface area (Å²) in [5.41, 5.74) is -1.31. The summed E-state index contributed by atoms with van der Waals surface area (Å²) in [5, 5.41) is 22.3. The third-order valence-electron chi connectivity index (χ3n) is 3.46. The van der Waals surface area contributed by atoms with Crippen LogP contribution in [0.1, 0.15) is 42.7 Å². The Morgan fingerprint density at radius 1 is 1.30 bits per heavy atom. The molecule has 2 N–H and O–H groups in total. The molecule has 1 saturated carbocycles. The molecule has 1 amide bonds. The minimum Gasteiger partial charge on any atom is -0.480 e. The van der Waals surface area contributed by atoms with Crippen molar-refractivity contribution < 1.29 is 24.0 Å². The number of carboxylic acid groups (broad SMARTS) is 1. The highest BCUT2D eigenvalue weighted by molar-refractivity contribution is 5.96. The minimum absolute atomic E-state index is 0.261. The van der Waals surface area contributed by atoms with Crippen molar-refractivity contribution >= 4 is 17.8 Å². The maximum atomic E-state index is 12.0. The van der Waals surface area contributed by atoms with Gasteiger partial charge in [0.25, 0.3) is 5.91 Å². The average molecular weight is 282 g/mol. The van der Waals surface area contributed by atoms with Crippen LogP contribution in [0, 0.1) is 10.1 Å². The number of carbonyl (C=O) groups excluding carboxylic acids is 1. The lowest BCUT2D eigenvalue weighted by Crippen LogP contribution is -2.55. The Morgan fingerprint density at radius 2 is 1.95 bits per heavy atom. The number of hydrogen-bond acceptors (Lipinski definition) is 5. The molecule has 20 heavy (non-hydrogen) atoms. The van der Waals surface area contributed by atoms with Crippen LogP contribution in [0.15, 0.2) is 16.5 Å². The second-order valence-electron chi connectivity index (χ2n) is 4.80. The monoisotopic (exact) mass is 282 g/mol. The fourth-order valence-electron chi connectivity index (χ4n) is 2.37. The number of carbonyl (C=O) groups is 2. The van der Waals surface area contributed by atoms with E-state index < -0.39 is 28.2 Å². The van der Waals surface area contributed by atoms with E-state index in [9.17, 15) is 24.8 Å². The van der Waals surface area contributed by atoms with Crippen LogP contribution in [0.4, 0.5) is 5.88 Å². The molecule has 0 radical (unpaired) electrons. The molecule has 0 saturated heterocycles. The Bertz CT molecular complexity index is 544. The molecule has 1 fully saturated rings. The Balaban J connectivity index is 2.15. The van der Waals surface area contributed by atoms with Crippen LogP contribution in [0.2, 0.25) is 0 Å². The van der Waals surface area contributed by atoms with Crippen molar-refractivity contribution in [2.45, 2.75) is 37.6 Å². The van der Waals surface area contributed by atoms with Gasteiger partial charge in [0.2, 0.25) is 0 Å². The Labute approximate surface area is 113 Å². The third kappa shape index (κ3) is 2.63. The normalized spacial score (nSPS) is 17.4. The lowest BCUT2D eigenvalue weighted by molar-refractivity contribution is -0.402. The van der Waals surface area contributed by atoms with Crippen LogP contribution >= 0.6 is 0 Å². The fraction of sp³-hybridized carbons (Fsp3) is 0.500. The van der Waals surface area contributed by atoms with Crippen molar-refractivity contribution in [3.8, 4) is 0 Å². The van der Waals surface area contributed by atoms with E-state index in [1.165, 1.54) is 0 Å². The molecular formula is C12H14N2O6. The van der Waals surface area contributed by atoms with E-state index in [1.54, 1.807) is 0 Å². The zero-order valence-electron chi connectivity index (χ0n) is 10.6. The Kier molecular flexibility index (Phi) is 3.73. The average Bonchev–Trinajstić information content (AvgIpc) is 2.89. The molecule has 0 aromatic carbocycles. The molecule has 8 heteroatoms. The highest BCUT2D eigenvalue weighted by Crippen LogP contribution is 2.29. The zero-order valence-corrected chi connectivity index (χ0v) is 10.6. The number of nitrogens with zero attached hydrogens (tertiary/aromatic N) is 1. The van der Waals surface area contributed by atoms with Gasteiger partial charge >= 0.3 is 11.9 Å². The highest BCUT2D eigenvalue weighted by Gasteiger charge is 2.41. The molecule has 1 aromatic rings. The Morgan fingerprint density at radius 3 is 2.45 bits per heavy atom. The van der Waals surface area contributed by atoms with E-state index in [1.807, 2.05) is 0 Å².